The van der Waals surface area contributed by atoms with Gasteiger partial charge in [0.15, 0.2) is 10.9 Å². The number of benzene rings is 1. The van der Waals surface area contributed by atoms with Gasteiger partial charge in [0.1, 0.15) is 11.8 Å². The van der Waals surface area contributed by atoms with Crippen molar-refractivity contribution in [2.45, 2.75) is 6.61 Å². The first-order valence-corrected chi connectivity index (χ1v) is 6.19. The predicted molar refractivity (Wildman–Crippen MR) is 78.2 cm³/mol. The van der Waals surface area contributed by atoms with Crippen molar-refractivity contribution in [3.05, 3.63) is 47.2 Å². The van der Waals surface area contributed by atoms with Crippen LogP contribution >= 0.6 is 23.8 Å². The fourth-order valence-corrected chi connectivity index (χ4v) is 1.62. The van der Waals surface area contributed by atoms with Crippen LogP contribution in [0.15, 0.2) is 36.5 Å². The third-order valence-electron chi connectivity index (χ3n) is 2.17. The van der Waals surface area contributed by atoms with E-state index in [-0.39, 0.29) is 10.3 Å². The molecular weight excluding hydrogens is 284 g/mol. The van der Waals surface area contributed by atoms with E-state index in [1.54, 1.807) is 0 Å². The topological polar surface area (TPSA) is 73.1 Å². The maximum atomic E-state index is 5.76. The van der Waals surface area contributed by atoms with E-state index in [1.807, 2.05) is 30.3 Å². The highest BCUT2D eigenvalue weighted by Crippen LogP contribution is 2.21. The SMILES string of the molecule is NC(=S)Nc1nc(Cl)cnc1OCc1ccccc1. The number of nitrogens with zero attached hydrogens (tertiary/aromatic N) is 2. The smallest absolute Gasteiger partial charge is 0.258 e. The van der Waals surface area contributed by atoms with Gasteiger partial charge in [-0.15, -0.1) is 0 Å². The van der Waals surface area contributed by atoms with Crippen molar-refractivity contribution in [2.75, 3.05) is 5.32 Å². The molecule has 0 unspecified atom stereocenters. The average molecular weight is 295 g/mol. The fourth-order valence-electron chi connectivity index (χ4n) is 1.39. The lowest BCUT2D eigenvalue weighted by Crippen LogP contribution is -2.20. The third-order valence-corrected chi connectivity index (χ3v) is 2.45. The Balaban J connectivity index is 2.13. The Kier molecular flexibility index (Phi) is 4.48. The number of hydrogen-bond donors (Lipinski definition) is 2. The summed E-state index contributed by atoms with van der Waals surface area (Å²) in [5.41, 5.74) is 6.42. The molecular formula is C12H11ClN4OS. The molecule has 0 atom stereocenters. The largest absolute Gasteiger partial charge is 0.470 e. The second kappa shape index (κ2) is 6.31. The monoisotopic (exact) mass is 294 g/mol. The average Bonchev–Trinajstić information content (AvgIpc) is 2.38. The minimum Gasteiger partial charge on any atom is -0.470 e. The summed E-state index contributed by atoms with van der Waals surface area (Å²) in [6, 6.07) is 9.69. The van der Waals surface area contributed by atoms with Crippen molar-refractivity contribution in [2.24, 2.45) is 5.73 Å². The molecule has 0 radical (unpaired) electrons. The molecule has 0 aliphatic rings. The molecule has 1 aromatic heterocycles. The van der Waals surface area contributed by atoms with Gasteiger partial charge in [-0.05, 0) is 17.8 Å². The van der Waals surface area contributed by atoms with E-state index in [9.17, 15) is 0 Å². The van der Waals surface area contributed by atoms with Crippen LogP contribution in [0.2, 0.25) is 5.15 Å². The molecule has 7 heteroatoms. The molecule has 1 aromatic carbocycles. The molecule has 2 aromatic rings. The molecule has 0 amide bonds. The molecule has 5 nitrogen and oxygen atoms in total. The van der Waals surface area contributed by atoms with Crippen LogP contribution in [0.5, 0.6) is 5.88 Å². The standard InChI is InChI=1S/C12H11ClN4OS/c13-9-6-15-11(10(16-9)17-12(14)19)18-7-8-4-2-1-3-5-8/h1-6H,7H2,(H3,14,16,17,19). The number of hydrogen-bond acceptors (Lipinski definition) is 4. The Labute approximate surface area is 120 Å². The van der Waals surface area contributed by atoms with Gasteiger partial charge in [0.05, 0.1) is 6.20 Å². The Bertz CT molecular complexity index is 579. The quantitative estimate of drug-likeness (QED) is 0.844. The zero-order valence-electron chi connectivity index (χ0n) is 9.84. The molecule has 1 heterocycles. The molecule has 98 valence electrons. The zero-order valence-corrected chi connectivity index (χ0v) is 11.4. The summed E-state index contributed by atoms with van der Waals surface area (Å²) in [7, 11) is 0. The van der Waals surface area contributed by atoms with Gasteiger partial charge in [-0.2, -0.15) is 0 Å². The number of nitrogens with two attached hydrogens (primary N) is 1. The first kappa shape index (κ1) is 13.5. The molecule has 0 aliphatic carbocycles. The Hall–Kier alpha value is -1.92. The van der Waals surface area contributed by atoms with Gasteiger partial charge in [-0.3, -0.25) is 0 Å². The summed E-state index contributed by atoms with van der Waals surface area (Å²) in [6.45, 7) is 0.364. The first-order chi connectivity index (χ1) is 9.15. The molecule has 0 saturated heterocycles. The minimum absolute atomic E-state index is 0.0705. The lowest BCUT2D eigenvalue weighted by Gasteiger charge is -2.10. The van der Waals surface area contributed by atoms with Crippen LogP contribution in [-0.4, -0.2) is 15.1 Å². The van der Waals surface area contributed by atoms with Crippen LogP contribution in [0.25, 0.3) is 0 Å². The van der Waals surface area contributed by atoms with Crippen molar-refractivity contribution < 1.29 is 4.74 Å². The van der Waals surface area contributed by atoms with Crippen molar-refractivity contribution >= 4 is 34.7 Å². The molecule has 0 spiro atoms. The van der Waals surface area contributed by atoms with Crippen LogP contribution in [0, 0.1) is 0 Å². The zero-order chi connectivity index (χ0) is 13.7. The lowest BCUT2D eigenvalue weighted by molar-refractivity contribution is 0.294. The van der Waals surface area contributed by atoms with Gasteiger partial charge in [0.2, 0.25) is 0 Å². The highest BCUT2D eigenvalue weighted by molar-refractivity contribution is 7.80. The van der Waals surface area contributed by atoms with E-state index in [2.05, 4.69) is 15.3 Å². The first-order valence-electron chi connectivity index (χ1n) is 5.41. The summed E-state index contributed by atoms with van der Waals surface area (Å²) in [5, 5.41) is 2.97. The van der Waals surface area contributed by atoms with Crippen molar-refractivity contribution in [1.29, 1.82) is 0 Å². The number of thiocarbonyl (C=S) groups is 1. The van der Waals surface area contributed by atoms with Crippen molar-refractivity contribution in [3.8, 4) is 5.88 Å². The normalized spacial score (nSPS) is 9.95. The van der Waals surface area contributed by atoms with Gasteiger partial charge < -0.3 is 15.8 Å². The third kappa shape index (κ3) is 4.04. The van der Waals surface area contributed by atoms with E-state index >= 15 is 0 Å². The molecule has 0 saturated carbocycles. The number of nitrogens with one attached hydrogen (secondary N) is 1. The summed E-state index contributed by atoms with van der Waals surface area (Å²) < 4.78 is 5.57. The number of aromatic nitrogens is 2. The van der Waals surface area contributed by atoms with Crippen LogP contribution in [0.3, 0.4) is 0 Å². The molecule has 0 aliphatic heterocycles. The highest BCUT2D eigenvalue weighted by Gasteiger charge is 2.09. The Morgan fingerprint density at radius 3 is 2.79 bits per heavy atom. The van der Waals surface area contributed by atoms with Crippen LogP contribution in [0.4, 0.5) is 5.82 Å². The maximum absolute atomic E-state index is 5.76. The number of anilines is 1. The molecule has 19 heavy (non-hydrogen) atoms. The van der Waals surface area contributed by atoms with Gasteiger partial charge in [0, 0.05) is 0 Å². The number of halogens is 1. The molecule has 3 N–H and O–H groups in total. The molecule has 0 fully saturated rings. The predicted octanol–water partition coefficient (Wildman–Crippen LogP) is 2.36. The summed E-state index contributed by atoms with van der Waals surface area (Å²) in [6.07, 6.45) is 1.40. The molecule has 2 rings (SSSR count). The Morgan fingerprint density at radius 1 is 1.37 bits per heavy atom. The van der Waals surface area contributed by atoms with E-state index in [0.717, 1.165) is 5.56 Å². The van der Waals surface area contributed by atoms with Crippen LogP contribution in [-0.2, 0) is 6.61 Å². The second-order valence-electron chi connectivity index (χ2n) is 3.61. The van der Waals surface area contributed by atoms with Crippen molar-refractivity contribution in [1.82, 2.24) is 9.97 Å². The van der Waals surface area contributed by atoms with Gasteiger partial charge in [-0.25, -0.2) is 9.97 Å². The maximum Gasteiger partial charge on any atom is 0.258 e. The highest BCUT2D eigenvalue weighted by atomic mass is 35.5. The van der Waals surface area contributed by atoms with Gasteiger partial charge in [-0.1, -0.05) is 41.9 Å². The minimum atomic E-state index is 0.0705. The van der Waals surface area contributed by atoms with Crippen LogP contribution in [0.1, 0.15) is 5.56 Å². The van der Waals surface area contributed by atoms with E-state index in [0.29, 0.717) is 18.3 Å². The summed E-state index contributed by atoms with van der Waals surface area (Å²) in [4.78, 5) is 8.08. The summed E-state index contributed by atoms with van der Waals surface area (Å²) in [5.74, 6) is 0.594. The Morgan fingerprint density at radius 2 is 2.11 bits per heavy atom. The van der Waals surface area contributed by atoms with E-state index in [1.165, 1.54) is 6.20 Å². The fraction of sp³-hybridized carbons (Fsp3) is 0.0833. The van der Waals surface area contributed by atoms with Crippen molar-refractivity contribution in [3.63, 3.8) is 0 Å². The lowest BCUT2D eigenvalue weighted by atomic mass is 10.2. The number of ether oxygens (including phenoxy) is 1. The van der Waals surface area contributed by atoms with E-state index < -0.39 is 0 Å². The van der Waals surface area contributed by atoms with Crippen LogP contribution < -0.4 is 15.8 Å². The summed E-state index contributed by atoms with van der Waals surface area (Å²) >= 11 is 10.5. The number of rotatable bonds is 4. The second-order valence-corrected chi connectivity index (χ2v) is 4.44. The van der Waals surface area contributed by atoms with Gasteiger partial charge in [0.25, 0.3) is 5.88 Å². The molecule has 0 bridgehead atoms. The van der Waals surface area contributed by atoms with Gasteiger partial charge >= 0.3 is 0 Å². The van der Waals surface area contributed by atoms with E-state index in [4.69, 9.17) is 34.3 Å².